The smallest absolute Gasteiger partial charge is 0.322 e. The molecule has 6 heteroatoms. The lowest BCUT2D eigenvalue weighted by Gasteiger charge is -2.17. The van der Waals surface area contributed by atoms with Crippen LogP contribution < -0.4 is 10.1 Å². The molecule has 2 aromatic rings. The number of anilines is 1. The zero-order valence-electron chi connectivity index (χ0n) is 11.7. The fourth-order valence-corrected chi connectivity index (χ4v) is 2.29. The van der Waals surface area contributed by atoms with E-state index in [4.69, 9.17) is 4.74 Å². The van der Waals surface area contributed by atoms with Gasteiger partial charge in [-0.25, -0.2) is 14.8 Å². The summed E-state index contributed by atoms with van der Waals surface area (Å²) >= 11 is 0. The Labute approximate surface area is 122 Å². The van der Waals surface area contributed by atoms with Crippen molar-refractivity contribution in [3.63, 3.8) is 0 Å². The molecule has 0 fully saturated rings. The molecule has 0 spiro atoms. The van der Waals surface area contributed by atoms with Crippen molar-refractivity contribution < 1.29 is 9.53 Å². The summed E-state index contributed by atoms with van der Waals surface area (Å²) in [5, 5.41) is 2.89. The van der Waals surface area contributed by atoms with E-state index in [2.05, 4.69) is 15.3 Å². The third kappa shape index (κ3) is 2.79. The zero-order valence-corrected chi connectivity index (χ0v) is 11.7. The van der Waals surface area contributed by atoms with Crippen LogP contribution in [0.5, 0.6) is 5.75 Å². The van der Waals surface area contributed by atoms with Crippen molar-refractivity contribution in [2.24, 2.45) is 0 Å². The minimum Gasteiger partial charge on any atom is -0.492 e. The molecule has 0 atom stereocenters. The molecule has 2 amide bonds. The molecule has 1 aromatic heterocycles. The van der Waals surface area contributed by atoms with Crippen molar-refractivity contribution in [3.05, 3.63) is 48.0 Å². The highest BCUT2D eigenvalue weighted by atomic mass is 16.5. The van der Waals surface area contributed by atoms with Crippen molar-refractivity contribution in [1.82, 2.24) is 14.9 Å². The van der Waals surface area contributed by atoms with Gasteiger partial charge in [-0.3, -0.25) is 0 Å². The molecule has 6 nitrogen and oxygen atoms in total. The summed E-state index contributed by atoms with van der Waals surface area (Å²) in [4.78, 5) is 22.2. The standard InChI is InChI=1S/C15H16N4O2/c1-2-21-14-6-4-3-5-12(14)18-15(20)19-8-11-7-16-10-17-13(11)9-19/h3-7,10H,2,8-9H2,1H3,(H,18,20). The summed E-state index contributed by atoms with van der Waals surface area (Å²) < 4.78 is 5.51. The van der Waals surface area contributed by atoms with Crippen molar-refractivity contribution in [2.45, 2.75) is 20.0 Å². The predicted molar refractivity (Wildman–Crippen MR) is 77.9 cm³/mol. The van der Waals surface area contributed by atoms with Gasteiger partial charge >= 0.3 is 6.03 Å². The van der Waals surface area contributed by atoms with Crippen molar-refractivity contribution >= 4 is 11.7 Å². The first-order chi connectivity index (χ1) is 10.3. The van der Waals surface area contributed by atoms with Crippen LogP contribution in [0.15, 0.2) is 36.8 Å². The highest BCUT2D eigenvalue weighted by molar-refractivity contribution is 5.91. The molecule has 1 aliphatic heterocycles. The predicted octanol–water partition coefficient (Wildman–Crippen LogP) is 2.42. The minimum atomic E-state index is -0.167. The summed E-state index contributed by atoms with van der Waals surface area (Å²) in [5.41, 5.74) is 2.57. The normalized spacial score (nSPS) is 12.9. The number of para-hydroxylation sites is 2. The van der Waals surface area contributed by atoms with Gasteiger partial charge in [-0.15, -0.1) is 0 Å². The maximum atomic E-state index is 12.4. The Morgan fingerprint density at radius 1 is 1.38 bits per heavy atom. The van der Waals surface area contributed by atoms with Gasteiger partial charge in [0.1, 0.15) is 12.1 Å². The molecule has 1 aliphatic rings. The molecule has 0 bridgehead atoms. The van der Waals surface area contributed by atoms with Gasteiger partial charge in [0.05, 0.1) is 31.1 Å². The van der Waals surface area contributed by atoms with Crippen molar-refractivity contribution in [3.8, 4) is 5.75 Å². The summed E-state index contributed by atoms with van der Waals surface area (Å²) in [6.45, 7) is 3.49. The van der Waals surface area contributed by atoms with E-state index in [0.717, 1.165) is 11.3 Å². The number of carbonyl (C=O) groups is 1. The van der Waals surface area contributed by atoms with E-state index >= 15 is 0 Å². The fraction of sp³-hybridized carbons (Fsp3) is 0.267. The number of hydrogen-bond donors (Lipinski definition) is 1. The molecule has 0 radical (unpaired) electrons. The topological polar surface area (TPSA) is 67.3 Å². The Bertz CT molecular complexity index is 635. The molecule has 3 rings (SSSR count). The van der Waals surface area contributed by atoms with E-state index in [0.29, 0.717) is 31.1 Å². The maximum Gasteiger partial charge on any atom is 0.322 e. The van der Waals surface area contributed by atoms with E-state index in [1.807, 2.05) is 31.2 Å². The van der Waals surface area contributed by atoms with Gasteiger partial charge in [0.25, 0.3) is 0 Å². The lowest BCUT2D eigenvalue weighted by molar-refractivity contribution is 0.212. The molecule has 0 saturated heterocycles. The molecule has 108 valence electrons. The molecular formula is C15H16N4O2. The monoisotopic (exact) mass is 284 g/mol. The molecule has 0 unspecified atom stereocenters. The largest absolute Gasteiger partial charge is 0.492 e. The average molecular weight is 284 g/mol. The number of aromatic nitrogens is 2. The molecular weight excluding hydrogens is 268 g/mol. The second-order valence-corrected chi connectivity index (χ2v) is 4.71. The number of amides is 2. The molecule has 0 aliphatic carbocycles. The second kappa shape index (κ2) is 5.78. The van der Waals surface area contributed by atoms with Gasteiger partial charge in [-0.2, -0.15) is 0 Å². The van der Waals surface area contributed by atoms with Crippen LogP contribution in [-0.2, 0) is 13.1 Å². The van der Waals surface area contributed by atoms with Crippen LogP contribution in [0.3, 0.4) is 0 Å². The number of nitrogens with zero attached hydrogens (tertiary/aromatic N) is 3. The van der Waals surface area contributed by atoms with Crippen LogP contribution in [0.25, 0.3) is 0 Å². The number of rotatable bonds is 3. The summed E-state index contributed by atoms with van der Waals surface area (Å²) in [6.07, 6.45) is 3.26. The summed E-state index contributed by atoms with van der Waals surface area (Å²) in [5.74, 6) is 0.671. The maximum absolute atomic E-state index is 12.4. The van der Waals surface area contributed by atoms with Crippen LogP contribution in [0.4, 0.5) is 10.5 Å². The Balaban J connectivity index is 1.71. The minimum absolute atomic E-state index is 0.167. The molecule has 1 aromatic carbocycles. The number of urea groups is 1. The second-order valence-electron chi connectivity index (χ2n) is 4.71. The van der Waals surface area contributed by atoms with E-state index in [1.165, 1.54) is 6.33 Å². The van der Waals surface area contributed by atoms with Gasteiger partial charge in [0.2, 0.25) is 0 Å². The Morgan fingerprint density at radius 2 is 2.24 bits per heavy atom. The number of carbonyl (C=O) groups excluding carboxylic acids is 1. The number of hydrogen-bond acceptors (Lipinski definition) is 4. The number of nitrogens with one attached hydrogen (secondary N) is 1. The van der Waals surface area contributed by atoms with Crippen LogP contribution in [0, 0.1) is 0 Å². The lowest BCUT2D eigenvalue weighted by atomic mass is 10.3. The third-order valence-corrected chi connectivity index (χ3v) is 3.30. The Hall–Kier alpha value is -2.63. The van der Waals surface area contributed by atoms with Crippen molar-refractivity contribution in [2.75, 3.05) is 11.9 Å². The summed E-state index contributed by atoms with van der Waals surface area (Å²) in [6, 6.07) is 7.24. The number of benzene rings is 1. The molecule has 21 heavy (non-hydrogen) atoms. The van der Waals surface area contributed by atoms with Crippen LogP contribution in [-0.4, -0.2) is 27.5 Å². The highest BCUT2D eigenvalue weighted by Crippen LogP contribution is 2.26. The van der Waals surface area contributed by atoms with Gasteiger partial charge in [-0.1, -0.05) is 12.1 Å². The third-order valence-electron chi connectivity index (χ3n) is 3.30. The molecule has 1 N–H and O–H groups in total. The van der Waals surface area contributed by atoms with Gasteiger partial charge in [-0.05, 0) is 19.1 Å². The van der Waals surface area contributed by atoms with E-state index < -0.39 is 0 Å². The highest BCUT2D eigenvalue weighted by Gasteiger charge is 2.24. The first-order valence-corrected chi connectivity index (χ1v) is 6.83. The Morgan fingerprint density at radius 3 is 3.05 bits per heavy atom. The first-order valence-electron chi connectivity index (χ1n) is 6.83. The zero-order chi connectivity index (χ0) is 14.7. The van der Waals surface area contributed by atoms with Gasteiger partial charge in [0, 0.05) is 11.8 Å². The van der Waals surface area contributed by atoms with Crippen LogP contribution >= 0.6 is 0 Å². The fourth-order valence-electron chi connectivity index (χ4n) is 2.29. The average Bonchev–Trinajstić information content (AvgIpc) is 2.93. The first kappa shape index (κ1) is 13.4. The Kier molecular flexibility index (Phi) is 3.68. The van der Waals surface area contributed by atoms with E-state index in [1.54, 1.807) is 11.1 Å². The number of ether oxygens (including phenoxy) is 1. The quantitative estimate of drug-likeness (QED) is 0.940. The molecule has 2 heterocycles. The van der Waals surface area contributed by atoms with Gasteiger partial charge < -0.3 is 15.0 Å². The lowest BCUT2D eigenvalue weighted by Crippen LogP contribution is -2.30. The van der Waals surface area contributed by atoms with Crippen LogP contribution in [0.1, 0.15) is 18.2 Å². The SMILES string of the molecule is CCOc1ccccc1NC(=O)N1Cc2cncnc2C1. The summed E-state index contributed by atoms with van der Waals surface area (Å²) in [7, 11) is 0. The van der Waals surface area contributed by atoms with Gasteiger partial charge in [0.15, 0.2) is 0 Å². The van der Waals surface area contributed by atoms with Crippen molar-refractivity contribution in [1.29, 1.82) is 0 Å². The van der Waals surface area contributed by atoms with E-state index in [9.17, 15) is 4.79 Å². The number of fused-ring (bicyclic) bond motifs is 1. The molecule has 0 saturated carbocycles. The van der Waals surface area contributed by atoms with E-state index in [-0.39, 0.29) is 6.03 Å². The van der Waals surface area contributed by atoms with Crippen LogP contribution in [0.2, 0.25) is 0 Å².